The van der Waals surface area contributed by atoms with Gasteiger partial charge in [-0.15, -0.1) is 5.10 Å². The Morgan fingerprint density at radius 2 is 2.17 bits per heavy atom. The van der Waals surface area contributed by atoms with E-state index < -0.39 is 0 Å². The summed E-state index contributed by atoms with van der Waals surface area (Å²) in [5, 5.41) is 9.40. The first-order chi connectivity index (χ1) is 8.74. The van der Waals surface area contributed by atoms with Crippen molar-refractivity contribution >= 4 is 17.3 Å². The van der Waals surface area contributed by atoms with E-state index >= 15 is 0 Å². The van der Waals surface area contributed by atoms with Gasteiger partial charge in [-0.1, -0.05) is 12.1 Å². The van der Waals surface area contributed by atoms with Crippen LogP contribution in [0.15, 0.2) is 24.3 Å². The van der Waals surface area contributed by atoms with Gasteiger partial charge in [-0.25, -0.2) is 4.98 Å². The van der Waals surface area contributed by atoms with Gasteiger partial charge in [0.15, 0.2) is 0 Å². The van der Waals surface area contributed by atoms with E-state index in [4.69, 9.17) is 5.73 Å². The molecular weight excluding hydrogens is 230 g/mol. The van der Waals surface area contributed by atoms with Gasteiger partial charge in [0.25, 0.3) is 5.91 Å². The minimum atomic E-state index is -0.351. The number of amides is 1. The van der Waals surface area contributed by atoms with Gasteiger partial charge in [0, 0.05) is 5.92 Å². The largest absolute Gasteiger partial charge is 0.397 e. The number of nitrogen functional groups attached to an aromatic ring is 1. The van der Waals surface area contributed by atoms with Crippen LogP contribution in [0.4, 0.5) is 11.4 Å². The molecule has 1 aliphatic carbocycles. The summed E-state index contributed by atoms with van der Waals surface area (Å²) in [5.74, 6) is 1.04. The van der Waals surface area contributed by atoms with E-state index in [-0.39, 0.29) is 11.7 Å². The van der Waals surface area contributed by atoms with Crippen LogP contribution in [0.1, 0.15) is 35.2 Å². The summed E-state index contributed by atoms with van der Waals surface area (Å²) in [7, 11) is 0. The summed E-state index contributed by atoms with van der Waals surface area (Å²) >= 11 is 0. The number of nitrogens with zero attached hydrogens (tertiary/aromatic N) is 2. The van der Waals surface area contributed by atoms with E-state index in [0.717, 1.165) is 18.7 Å². The average molecular weight is 243 g/mol. The lowest BCUT2D eigenvalue weighted by Crippen LogP contribution is -2.14. The smallest absolute Gasteiger partial charge is 0.295 e. The van der Waals surface area contributed by atoms with E-state index in [0.29, 0.717) is 17.3 Å². The lowest BCUT2D eigenvalue weighted by Gasteiger charge is -2.04. The van der Waals surface area contributed by atoms with Crippen LogP contribution in [0.2, 0.25) is 0 Å². The highest BCUT2D eigenvalue weighted by molar-refractivity contribution is 6.03. The first kappa shape index (κ1) is 10.8. The number of para-hydroxylation sites is 2. The highest BCUT2D eigenvalue weighted by atomic mass is 16.2. The predicted molar refractivity (Wildman–Crippen MR) is 67.2 cm³/mol. The van der Waals surface area contributed by atoms with Crippen molar-refractivity contribution in [3.63, 3.8) is 0 Å². The molecule has 0 spiro atoms. The maximum atomic E-state index is 11.9. The van der Waals surface area contributed by atoms with Gasteiger partial charge in [-0.2, -0.15) is 0 Å². The normalized spacial score (nSPS) is 14.4. The first-order valence-corrected chi connectivity index (χ1v) is 5.82. The second-order valence-corrected chi connectivity index (χ2v) is 4.36. The van der Waals surface area contributed by atoms with Crippen LogP contribution in [0, 0.1) is 0 Å². The Hall–Kier alpha value is -2.37. The van der Waals surface area contributed by atoms with Crippen LogP contribution in [-0.4, -0.2) is 21.1 Å². The molecule has 0 atom stereocenters. The Morgan fingerprint density at radius 1 is 1.39 bits per heavy atom. The molecule has 18 heavy (non-hydrogen) atoms. The van der Waals surface area contributed by atoms with Crippen molar-refractivity contribution in [1.82, 2.24) is 15.2 Å². The van der Waals surface area contributed by atoms with Gasteiger partial charge in [-0.05, 0) is 25.0 Å². The summed E-state index contributed by atoms with van der Waals surface area (Å²) in [6.45, 7) is 0. The van der Waals surface area contributed by atoms with E-state index in [1.165, 1.54) is 0 Å². The number of hydrogen-bond acceptors (Lipinski definition) is 4. The molecule has 1 aromatic heterocycles. The Balaban J connectivity index is 1.76. The van der Waals surface area contributed by atoms with Crippen molar-refractivity contribution in [2.45, 2.75) is 18.8 Å². The van der Waals surface area contributed by atoms with Crippen molar-refractivity contribution in [2.75, 3.05) is 11.1 Å². The van der Waals surface area contributed by atoms with Crippen LogP contribution < -0.4 is 11.1 Å². The molecule has 0 saturated heterocycles. The van der Waals surface area contributed by atoms with Gasteiger partial charge in [0.1, 0.15) is 5.82 Å². The van der Waals surface area contributed by atoms with Crippen LogP contribution in [0.3, 0.4) is 0 Å². The van der Waals surface area contributed by atoms with Crippen LogP contribution in [-0.2, 0) is 0 Å². The van der Waals surface area contributed by atoms with Crippen molar-refractivity contribution < 1.29 is 4.79 Å². The van der Waals surface area contributed by atoms with Gasteiger partial charge in [0.2, 0.25) is 5.82 Å². The first-order valence-electron chi connectivity index (χ1n) is 5.82. The number of hydrogen-bond donors (Lipinski definition) is 3. The predicted octanol–water partition coefficient (Wildman–Crippen LogP) is 1.52. The summed E-state index contributed by atoms with van der Waals surface area (Å²) in [6, 6.07) is 7.08. The lowest BCUT2D eigenvalue weighted by atomic mass is 10.2. The van der Waals surface area contributed by atoms with E-state index in [9.17, 15) is 4.79 Å². The fourth-order valence-electron chi connectivity index (χ4n) is 1.70. The minimum absolute atomic E-state index is 0.153. The van der Waals surface area contributed by atoms with Crippen molar-refractivity contribution in [3.8, 4) is 0 Å². The topological polar surface area (TPSA) is 96.7 Å². The number of aromatic nitrogens is 3. The fourth-order valence-corrected chi connectivity index (χ4v) is 1.70. The third-order valence-electron chi connectivity index (χ3n) is 2.88. The molecule has 0 unspecified atom stereocenters. The van der Waals surface area contributed by atoms with Gasteiger partial charge in [-0.3, -0.25) is 9.89 Å². The molecule has 2 aromatic rings. The zero-order valence-electron chi connectivity index (χ0n) is 9.68. The summed E-state index contributed by atoms with van der Waals surface area (Å²) in [5.41, 5.74) is 6.83. The highest BCUT2D eigenvalue weighted by Gasteiger charge is 2.28. The maximum absolute atomic E-state index is 11.9. The third kappa shape index (κ3) is 2.04. The number of carbonyl (C=O) groups excluding carboxylic acids is 1. The number of carbonyl (C=O) groups is 1. The number of nitrogens with two attached hydrogens (primary N) is 1. The molecule has 0 bridgehead atoms. The third-order valence-corrected chi connectivity index (χ3v) is 2.88. The molecule has 6 nitrogen and oxygen atoms in total. The number of anilines is 2. The molecule has 1 heterocycles. The molecule has 3 rings (SSSR count). The number of rotatable bonds is 3. The second kappa shape index (κ2) is 4.14. The minimum Gasteiger partial charge on any atom is -0.397 e. The number of aromatic amines is 1. The van der Waals surface area contributed by atoms with Crippen LogP contribution >= 0.6 is 0 Å². The summed E-state index contributed by atoms with van der Waals surface area (Å²) in [4.78, 5) is 16.1. The average Bonchev–Trinajstić information content (AvgIpc) is 3.10. The number of H-pyrrole nitrogens is 1. The zero-order valence-corrected chi connectivity index (χ0v) is 9.68. The fraction of sp³-hybridized carbons (Fsp3) is 0.250. The molecular formula is C12H13N5O. The molecule has 1 aliphatic rings. The van der Waals surface area contributed by atoms with E-state index in [2.05, 4.69) is 20.5 Å². The monoisotopic (exact) mass is 243 g/mol. The van der Waals surface area contributed by atoms with Crippen molar-refractivity contribution in [2.24, 2.45) is 0 Å². The van der Waals surface area contributed by atoms with Gasteiger partial charge < -0.3 is 11.1 Å². The van der Waals surface area contributed by atoms with Crippen LogP contribution in [0.25, 0.3) is 0 Å². The molecule has 1 fully saturated rings. The summed E-state index contributed by atoms with van der Waals surface area (Å²) in [6.07, 6.45) is 2.23. The SMILES string of the molecule is Nc1ccccc1NC(=O)c1n[nH]c(C2CC2)n1. The Labute approximate surface area is 104 Å². The number of nitrogens with one attached hydrogen (secondary N) is 2. The van der Waals surface area contributed by atoms with E-state index in [1.54, 1.807) is 18.2 Å². The molecule has 92 valence electrons. The molecule has 4 N–H and O–H groups in total. The molecule has 1 saturated carbocycles. The number of benzene rings is 1. The highest BCUT2D eigenvalue weighted by Crippen LogP contribution is 2.37. The molecule has 1 amide bonds. The Bertz CT molecular complexity index is 588. The molecule has 6 heteroatoms. The maximum Gasteiger partial charge on any atom is 0.295 e. The molecule has 1 aromatic carbocycles. The van der Waals surface area contributed by atoms with Crippen molar-refractivity contribution in [1.29, 1.82) is 0 Å². The zero-order chi connectivity index (χ0) is 12.5. The van der Waals surface area contributed by atoms with Gasteiger partial charge in [0.05, 0.1) is 11.4 Å². The lowest BCUT2D eigenvalue weighted by molar-refractivity contribution is 0.101. The van der Waals surface area contributed by atoms with Crippen LogP contribution in [0.5, 0.6) is 0 Å². The van der Waals surface area contributed by atoms with Gasteiger partial charge >= 0.3 is 0 Å². The van der Waals surface area contributed by atoms with Crippen molar-refractivity contribution in [3.05, 3.63) is 35.9 Å². The van der Waals surface area contributed by atoms with E-state index in [1.807, 2.05) is 6.07 Å². The Kier molecular flexibility index (Phi) is 2.47. The Morgan fingerprint density at radius 3 is 2.89 bits per heavy atom. The standard InChI is InChI=1S/C12H13N5O/c13-8-3-1-2-4-9(8)14-12(18)11-15-10(16-17-11)7-5-6-7/h1-4,7H,5-6,13H2,(H,14,18)(H,15,16,17). The molecule has 0 aliphatic heterocycles. The second-order valence-electron chi connectivity index (χ2n) is 4.36. The summed E-state index contributed by atoms with van der Waals surface area (Å²) < 4.78 is 0. The molecule has 0 radical (unpaired) electrons. The quantitative estimate of drug-likeness (QED) is 0.712.